The fraction of sp³-hybridized carbons (Fsp3) is 0.250. The highest BCUT2D eigenvalue weighted by Gasteiger charge is 2.28. The molecular weight excluding hydrogens is 618 g/mol. The van der Waals surface area contributed by atoms with Gasteiger partial charge in [-0.2, -0.15) is 9.82 Å². The molecule has 1 atom stereocenters. The Morgan fingerprint density at radius 1 is 1.00 bits per heavy atom. The molecule has 0 spiro atoms. The van der Waals surface area contributed by atoms with Crippen LogP contribution in [-0.4, -0.2) is 33.2 Å². The predicted octanol–water partition coefficient (Wildman–Crippen LogP) is 6.34. The molecule has 4 rings (SSSR count). The van der Waals surface area contributed by atoms with Gasteiger partial charge < -0.3 is 9.47 Å². The Morgan fingerprint density at radius 3 is 2.43 bits per heavy atom. The van der Waals surface area contributed by atoms with Crippen LogP contribution in [0.3, 0.4) is 0 Å². The maximum atomic E-state index is 12.9. The Kier molecular flexibility index (Phi) is 10.4. The van der Waals surface area contributed by atoms with Gasteiger partial charge in [-0.25, -0.2) is 13.8 Å². The van der Waals surface area contributed by atoms with Gasteiger partial charge in [0.05, 0.1) is 22.2 Å². The van der Waals surface area contributed by atoms with Crippen LogP contribution in [0.4, 0.5) is 0 Å². The van der Waals surface area contributed by atoms with E-state index in [1.165, 1.54) is 18.3 Å². The standard InChI is InChI=1S/C32H34BrN3O5S/c1-5-40-29-18-23(17-28(33)31(29)41-20-25-11-8-10-24-9-6-7-12-27(24)25)19-34-35-32(37)30(21(2)3)36-42(38,39)26-15-13-22(4)14-16-26/h6-19,21,30,36H,5,20H2,1-4H3,(H,35,37)/b34-19-/t30-/m1/s1. The van der Waals surface area contributed by atoms with Crippen molar-refractivity contribution in [3.63, 3.8) is 0 Å². The number of fused-ring (bicyclic) bond motifs is 1. The van der Waals surface area contributed by atoms with Crippen LogP contribution in [-0.2, 0) is 21.4 Å². The SMILES string of the molecule is CCOc1cc(/C=N\NC(=O)[C@H](NS(=O)(=O)c2ccc(C)cc2)C(C)C)cc(Br)c1OCc1cccc2ccccc12. The number of halogens is 1. The molecule has 0 aromatic heterocycles. The number of nitrogens with one attached hydrogen (secondary N) is 2. The summed E-state index contributed by atoms with van der Waals surface area (Å²) in [5, 5.41) is 6.34. The Morgan fingerprint density at radius 2 is 1.71 bits per heavy atom. The van der Waals surface area contributed by atoms with Crippen molar-refractivity contribution in [3.8, 4) is 11.5 Å². The second-order valence-corrected chi connectivity index (χ2v) is 12.6. The first-order valence-corrected chi connectivity index (χ1v) is 15.8. The summed E-state index contributed by atoms with van der Waals surface area (Å²) in [7, 11) is -3.90. The van der Waals surface area contributed by atoms with Gasteiger partial charge in [-0.1, -0.05) is 74.0 Å². The number of sulfonamides is 1. The number of hydrazone groups is 1. The van der Waals surface area contributed by atoms with Crippen molar-refractivity contribution in [3.05, 3.63) is 100 Å². The summed E-state index contributed by atoms with van der Waals surface area (Å²) in [6.07, 6.45) is 1.46. The van der Waals surface area contributed by atoms with E-state index in [-0.39, 0.29) is 10.8 Å². The zero-order chi connectivity index (χ0) is 30.3. The summed E-state index contributed by atoms with van der Waals surface area (Å²) in [4.78, 5) is 13.0. The van der Waals surface area contributed by atoms with Gasteiger partial charge in [-0.3, -0.25) is 4.79 Å². The molecule has 0 aliphatic heterocycles. The number of benzene rings is 4. The molecule has 8 nitrogen and oxygen atoms in total. The first-order valence-electron chi connectivity index (χ1n) is 13.6. The highest BCUT2D eigenvalue weighted by Crippen LogP contribution is 2.37. The molecule has 0 heterocycles. The van der Waals surface area contributed by atoms with E-state index in [9.17, 15) is 13.2 Å². The minimum Gasteiger partial charge on any atom is -0.490 e. The van der Waals surface area contributed by atoms with E-state index in [2.05, 4.69) is 49.4 Å². The molecule has 0 aliphatic rings. The molecule has 4 aromatic rings. The highest BCUT2D eigenvalue weighted by molar-refractivity contribution is 9.10. The van der Waals surface area contributed by atoms with Gasteiger partial charge >= 0.3 is 0 Å². The van der Waals surface area contributed by atoms with E-state index in [1.54, 1.807) is 38.1 Å². The quantitative estimate of drug-likeness (QED) is 0.137. The molecule has 42 heavy (non-hydrogen) atoms. The number of rotatable bonds is 12. The van der Waals surface area contributed by atoms with Crippen LogP contribution in [0.5, 0.6) is 11.5 Å². The first-order chi connectivity index (χ1) is 20.1. The highest BCUT2D eigenvalue weighted by atomic mass is 79.9. The molecule has 1 amide bonds. The lowest BCUT2D eigenvalue weighted by Gasteiger charge is -2.20. The zero-order valence-corrected chi connectivity index (χ0v) is 26.3. The fourth-order valence-electron chi connectivity index (χ4n) is 4.32. The average molecular weight is 653 g/mol. The summed E-state index contributed by atoms with van der Waals surface area (Å²) < 4.78 is 41.0. The van der Waals surface area contributed by atoms with Gasteiger partial charge in [0, 0.05) is 0 Å². The van der Waals surface area contributed by atoms with Crippen molar-refractivity contribution >= 4 is 48.8 Å². The summed E-state index contributed by atoms with van der Waals surface area (Å²) >= 11 is 3.58. The average Bonchev–Trinajstić information content (AvgIpc) is 2.96. The minimum absolute atomic E-state index is 0.0890. The molecule has 0 aliphatic carbocycles. The third kappa shape index (κ3) is 7.76. The lowest BCUT2D eigenvalue weighted by molar-refractivity contribution is -0.123. The van der Waals surface area contributed by atoms with Crippen molar-refractivity contribution in [1.82, 2.24) is 10.1 Å². The molecule has 4 aromatic carbocycles. The Bertz CT molecular complexity index is 1680. The van der Waals surface area contributed by atoms with Crippen LogP contribution in [0.15, 0.2) is 93.3 Å². The third-order valence-corrected chi connectivity index (χ3v) is 8.58. The smallest absolute Gasteiger partial charge is 0.258 e. The van der Waals surface area contributed by atoms with Crippen molar-refractivity contribution in [2.75, 3.05) is 6.61 Å². The largest absolute Gasteiger partial charge is 0.490 e. The van der Waals surface area contributed by atoms with Crippen LogP contribution < -0.4 is 19.6 Å². The predicted molar refractivity (Wildman–Crippen MR) is 169 cm³/mol. The molecule has 0 radical (unpaired) electrons. The molecular formula is C32H34BrN3O5S. The van der Waals surface area contributed by atoms with Crippen LogP contribution in [0.25, 0.3) is 10.8 Å². The monoisotopic (exact) mass is 651 g/mol. The zero-order valence-electron chi connectivity index (χ0n) is 23.9. The fourth-order valence-corrected chi connectivity index (χ4v) is 6.24. The van der Waals surface area contributed by atoms with Crippen LogP contribution >= 0.6 is 15.9 Å². The molecule has 0 saturated carbocycles. The van der Waals surface area contributed by atoms with E-state index in [0.717, 1.165) is 21.9 Å². The number of ether oxygens (including phenoxy) is 2. The van der Waals surface area contributed by atoms with E-state index in [1.807, 2.05) is 38.1 Å². The summed E-state index contributed by atoms with van der Waals surface area (Å²) in [6.45, 7) is 8.04. The van der Waals surface area contributed by atoms with Gasteiger partial charge in [-0.05, 0) is 81.9 Å². The molecule has 2 N–H and O–H groups in total. The van der Waals surface area contributed by atoms with E-state index < -0.39 is 22.0 Å². The van der Waals surface area contributed by atoms with Gasteiger partial charge in [0.1, 0.15) is 12.6 Å². The summed E-state index contributed by atoms with van der Waals surface area (Å²) in [5.74, 6) is 0.176. The minimum atomic E-state index is -3.90. The number of carbonyl (C=O) groups excluding carboxylic acids is 1. The molecule has 220 valence electrons. The Balaban J connectivity index is 1.47. The normalized spacial score (nSPS) is 12.5. The van der Waals surface area contributed by atoms with Crippen molar-refractivity contribution in [1.29, 1.82) is 0 Å². The lowest BCUT2D eigenvalue weighted by Crippen LogP contribution is -2.48. The Labute approximate surface area is 255 Å². The van der Waals surface area contributed by atoms with Crippen LogP contribution in [0.2, 0.25) is 0 Å². The molecule has 0 fully saturated rings. The van der Waals surface area contributed by atoms with Crippen molar-refractivity contribution < 1.29 is 22.7 Å². The lowest BCUT2D eigenvalue weighted by atomic mass is 10.1. The molecule has 10 heteroatoms. The summed E-state index contributed by atoms with van der Waals surface area (Å²) in [5.41, 5.74) is 5.09. The summed E-state index contributed by atoms with van der Waals surface area (Å²) in [6, 6.07) is 23.2. The third-order valence-electron chi connectivity index (χ3n) is 6.53. The van der Waals surface area contributed by atoms with Gasteiger partial charge in [0.15, 0.2) is 11.5 Å². The van der Waals surface area contributed by atoms with E-state index >= 15 is 0 Å². The van der Waals surface area contributed by atoms with E-state index in [0.29, 0.717) is 34.7 Å². The van der Waals surface area contributed by atoms with E-state index in [4.69, 9.17) is 9.47 Å². The first kappa shape index (κ1) is 31.2. The van der Waals surface area contributed by atoms with Crippen LogP contribution in [0.1, 0.15) is 37.5 Å². The number of nitrogens with zero attached hydrogens (tertiary/aromatic N) is 1. The van der Waals surface area contributed by atoms with Crippen molar-refractivity contribution in [2.24, 2.45) is 11.0 Å². The number of hydrogen-bond donors (Lipinski definition) is 2. The van der Waals surface area contributed by atoms with Gasteiger partial charge in [0.25, 0.3) is 5.91 Å². The van der Waals surface area contributed by atoms with Crippen LogP contribution in [0, 0.1) is 12.8 Å². The maximum absolute atomic E-state index is 12.9. The number of amides is 1. The molecule has 0 bridgehead atoms. The topological polar surface area (TPSA) is 106 Å². The molecule has 0 saturated heterocycles. The number of aryl methyl sites for hydroxylation is 1. The number of hydrogen-bond acceptors (Lipinski definition) is 6. The van der Waals surface area contributed by atoms with Gasteiger partial charge in [0.2, 0.25) is 10.0 Å². The Hall–Kier alpha value is -3.73. The maximum Gasteiger partial charge on any atom is 0.258 e. The second-order valence-electron chi connectivity index (χ2n) is 10.1. The van der Waals surface area contributed by atoms with Gasteiger partial charge in [-0.15, -0.1) is 0 Å². The van der Waals surface area contributed by atoms with Crippen molar-refractivity contribution in [2.45, 2.75) is 45.2 Å². The molecule has 0 unspecified atom stereocenters. The number of carbonyl (C=O) groups is 1. The second kappa shape index (κ2) is 14.0.